The van der Waals surface area contributed by atoms with E-state index >= 15 is 0 Å². The average molecular weight is 347 g/mol. The molecule has 3 aromatic rings. The fourth-order valence-corrected chi connectivity index (χ4v) is 15.9. The number of hydrogen-bond donors (Lipinski definition) is 0. The van der Waals surface area contributed by atoms with Gasteiger partial charge < -0.3 is 0 Å². The highest BCUT2D eigenvalue weighted by atomic mass is 28.4. The summed E-state index contributed by atoms with van der Waals surface area (Å²) in [6.07, 6.45) is 0. The van der Waals surface area contributed by atoms with Crippen LogP contribution in [0.15, 0.2) is 91.0 Å². The maximum Gasteiger partial charge on any atom is 0.145 e. The Labute approximate surface area is 148 Å². The molecule has 0 amide bonds. The quantitative estimate of drug-likeness (QED) is 0.483. The minimum atomic E-state index is -2.00. The molecule has 0 atom stereocenters. The summed E-state index contributed by atoms with van der Waals surface area (Å²) >= 11 is 0. The van der Waals surface area contributed by atoms with E-state index in [9.17, 15) is 0 Å². The minimum absolute atomic E-state index is 1.28. The summed E-state index contributed by atoms with van der Waals surface area (Å²) in [7, 11) is -3.28. The van der Waals surface area contributed by atoms with E-state index in [4.69, 9.17) is 0 Å². The SMILES string of the molecule is C[Si](C)(C)C[Si](c1ccccc1)(c1ccccc1)c1ccccc1. The maximum absolute atomic E-state index is 2.50. The van der Waals surface area contributed by atoms with Crippen molar-refractivity contribution in [3.05, 3.63) is 91.0 Å². The first-order chi connectivity index (χ1) is 11.5. The van der Waals surface area contributed by atoms with Gasteiger partial charge in [0, 0.05) is 8.07 Å². The van der Waals surface area contributed by atoms with Gasteiger partial charge in [0.25, 0.3) is 0 Å². The van der Waals surface area contributed by atoms with Crippen LogP contribution >= 0.6 is 0 Å². The van der Waals surface area contributed by atoms with Gasteiger partial charge in [-0.05, 0) is 21.2 Å². The molecule has 0 N–H and O–H groups in total. The van der Waals surface area contributed by atoms with Crippen molar-refractivity contribution in [2.24, 2.45) is 0 Å². The first-order valence-electron chi connectivity index (χ1n) is 8.69. The predicted molar refractivity (Wildman–Crippen MR) is 112 cm³/mol. The largest absolute Gasteiger partial charge is 0.145 e. The van der Waals surface area contributed by atoms with Crippen molar-refractivity contribution < 1.29 is 0 Å². The van der Waals surface area contributed by atoms with Crippen molar-refractivity contribution in [1.82, 2.24) is 0 Å². The molecule has 0 aliphatic carbocycles. The van der Waals surface area contributed by atoms with Crippen LogP contribution in [0.1, 0.15) is 0 Å². The molecule has 0 aromatic heterocycles. The lowest BCUT2D eigenvalue weighted by atomic mass is 10.3. The van der Waals surface area contributed by atoms with Gasteiger partial charge in [0.15, 0.2) is 0 Å². The number of rotatable bonds is 5. The molecular weight excluding hydrogens is 320 g/mol. The molecule has 0 aliphatic rings. The smallest absolute Gasteiger partial charge is 0.0697 e. The Hall–Kier alpha value is -1.91. The number of benzene rings is 3. The zero-order valence-electron chi connectivity index (χ0n) is 14.9. The Bertz CT molecular complexity index is 663. The summed E-state index contributed by atoms with van der Waals surface area (Å²) in [5, 5.41) is 4.60. The van der Waals surface area contributed by atoms with Crippen LogP contribution in [-0.4, -0.2) is 16.1 Å². The average Bonchev–Trinajstić information content (AvgIpc) is 2.61. The van der Waals surface area contributed by atoms with Crippen LogP contribution in [0.4, 0.5) is 0 Å². The summed E-state index contributed by atoms with van der Waals surface area (Å²) in [6, 6.07) is 33.7. The van der Waals surface area contributed by atoms with Crippen molar-refractivity contribution in [1.29, 1.82) is 0 Å². The van der Waals surface area contributed by atoms with Crippen molar-refractivity contribution in [2.75, 3.05) is 0 Å². The topological polar surface area (TPSA) is 0 Å². The van der Waals surface area contributed by atoms with Gasteiger partial charge in [0.05, 0.1) is 0 Å². The van der Waals surface area contributed by atoms with E-state index < -0.39 is 16.1 Å². The zero-order valence-corrected chi connectivity index (χ0v) is 16.9. The van der Waals surface area contributed by atoms with Gasteiger partial charge >= 0.3 is 0 Å². The molecule has 0 heterocycles. The van der Waals surface area contributed by atoms with Crippen LogP contribution in [0.25, 0.3) is 0 Å². The van der Waals surface area contributed by atoms with Crippen LogP contribution in [0, 0.1) is 0 Å². The van der Waals surface area contributed by atoms with Crippen LogP contribution in [0.3, 0.4) is 0 Å². The highest BCUT2D eigenvalue weighted by Gasteiger charge is 2.42. The first kappa shape index (κ1) is 16.9. The molecule has 0 nitrogen and oxygen atoms in total. The van der Waals surface area contributed by atoms with Crippen LogP contribution in [0.5, 0.6) is 0 Å². The molecule has 0 spiro atoms. The maximum atomic E-state index is 2.50. The molecule has 122 valence electrons. The lowest BCUT2D eigenvalue weighted by molar-refractivity contribution is 1.55. The summed E-state index contributed by atoms with van der Waals surface area (Å²) in [5.41, 5.74) is 1.33. The molecule has 0 aliphatic heterocycles. The van der Waals surface area contributed by atoms with Crippen molar-refractivity contribution in [2.45, 2.75) is 25.3 Å². The van der Waals surface area contributed by atoms with E-state index in [-0.39, 0.29) is 0 Å². The number of hydrogen-bond acceptors (Lipinski definition) is 0. The summed E-state index contributed by atoms with van der Waals surface area (Å²) < 4.78 is 0. The molecule has 0 radical (unpaired) electrons. The standard InChI is InChI=1S/C22H26Si2/c1-23(2,3)19-24(20-13-7-4-8-14-20,21-15-9-5-10-16-21)22-17-11-6-12-18-22/h4-18H,19H2,1-3H3. The third-order valence-corrected chi connectivity index (χ3v) is 14.9. The Morgan fingerprint density at radius 1 is 0.500 bits per heavy atom. The molecule has 2 heteroatoms. The van der Waals surface area contributed by atoms with Crippen LogP contribution < -0.4 is 15.6 Å². The van der Waals surface area contributed by atoms with E-state index in [0.29, 0.717) is 0 Å². The monoisotopic (exact) mass is 346 g/mol. The summed E-state index contributed by atoms with van der Waals surface area (Å²) in [4.78, 5) is 0. The van der Waals surface area contributed by atoms with E-state index in [0.717, 1.165) is 0 Å². The molecule has 3 rings (SSSR count). The molecule has 0 saturated heterocycles. The molecule has 24 heavy (non-hydrogen) atoms. The summed E-state index contributed by atoms with van der Waals surface area (Å²) in [5.74, 6) is 0. The lowest BCUT2D eigenvalue weighted by Crippen LogP contribution is -2.69. The second kappa shape index (κ2) is 6.92. The fourth-order valence-electron chi connectivity index (χ4n) is 3.77. The van der Waals surface area contributed by atoms with Gasteiger partial charge in [-0.1, -0.05) is 111 Å². The van der Waals surface area contributed by atoms with E-state index in [1.165, 1.54) is 21.2 Å². The predicted octanol–water partition coefficient (Wildman–Crippen LogP) is 4.03. The van der Waals surface area contributed by atoms with Crippen molar-refractivity contribution in [3.8, 4) is 0 Å². The zero-order chi connectivity index (χ0) is 17.0. The van der Waals surface area contributed by atoms with Crippen molar-refractivity contribution in [3.63, 3.8) is 0 Å². The summed E-state index contributed by atoms with van der Waals surface area (Å²) in [6.45, 7) is 7.51. The van der Waals surface area contributed by atoms with Gasteiger partial charge in [-0.3, -0.25) is 0 Å². The Morgan fingerprint density at radius 2 is 0.792 bits per heavy atom. The van der Waals surface area contributed by atoms with E-state index in [1.807, 2.05) is 0 Å². The van der Waals surface area contributed by atoms with Crippen molar-refractivity contribution >= 4 is 31.7 Å². The molecular formula is C22H26Si2. The van der Waals surface area contributed by atoms with Gasteiger partial charge in [-0.25, -0.2) is 0 Å². The molecule has 0 unspecified atom stereocenters. The molecule has 3 aromatic carbocycles. The molecule has 0 bridgehead atoms. The first-order valence-corrected chi connectivity index (χ1v) is 14.6. The molecule has 0 saturated carbocycles. The highest BCUT2D eigenvalue weighted by molar-refractivity contribution is 7.17. The van der Waals surface area contributed by atoms with Gasteiger partial charge in [0.2, 0.25) is 0 Å². The van der Waals surface area contributed by atoms with E-state index in [2.05, 4.69) is 111 Å². The minimum Gasteiger partial charge on any atom is -0.0697 e. The van der Waals surface area contributed by atoms with Gasteiger partial charge in [-0.2, -0.15) is 0 Å². The normalized spacial score (nSPS) is 12.1. The second-order valence-corrected chi connectivity index (χ2v) is 17.8. The fraction of sp³-hybridized carbons (Fsp3) is 0.182. The Balaban J connectivity index is 2.33. The Morgan fingerprint density at radius 3 is 1.04 bits per heavy atom. The van der Waals surface area contributed by atoms with Gasteiger partial charge in [-0.15, -0.1) is 0 Å². The van der Waals surface area contributed by atoms with Crippen LogP contribution in [0.2, 0.25) is 25.3 Å². The Kier molecular flexibility index (Phi) is 4.88. The second-order valence-electron chi connectivity index (χ2n) is 7.74. The third kappa shape index (κ3) is 3.45. The lowest BCUT2D eigenvalue weighted by Gasteiger charge is -2.38. The molecule has 0 fully saturated rings. The van der Waals surface area contributed by atoms with Crippen LogP contribution in [-0.2, 0) is 0 Å². The van der Waals surface area contributed by atoms with E-state index in [1.54, 1.807) is 0 Å². The van der Waals surface area contributed by atoms with Gasteiger partial charge in [0.1, 0.15) is 8.07 Å². The highest BCUT2D eigenvalue weighted by Crippen LogP contribution is 2.20. The third-order valence-electron chi connectivity index (χ3n) is 4.60.